The molecule has 1 heterocycles. The van der Waals surface area contributed by atoms with Crippen molar-refractivity contribution in [3.8, 4) is 0 Å². The van der Waals surface area contributed by atoms with Crippen molar-refractivity contribution < 1.29 is 18.8 Å². The van der Waals surface area contributed by atoms with Gasteiger partial charge in [0.15, 0.2) is 0 Å². The molecule has 4 rings (SSSR count). The number of carbonyl (C=O) groups is 3. The van der Waals surface area contributed by atoms with Crippen LogP contribution >= 0.6 is 0 Å². The molecule has 0 atom stereocenters. The third kappa shape index (κ3) is 3.27. The molecule has 3 aromatic carbocycles. The van der Waals surface area contributed by atoms with Gasteiger partial charge in [-0.25, -0.2) is 9.29 Å². The molecule has 28 heavy (non-hydrogen) atoms. The molecule has 0 radical (unpaired) electrons. The van der Waals surface area contributed by atoms with Crippen LogP contribution in [0.3, 0.4) is 0 Å². The van der Waals surface area contributed by atoms with Crippen LogP contribution in [-0.2, 0) is 11.2 Å². The van der Waals surface area contributed by atoms with Gasteiger partial charge in [0.25, 0.3) is 11.8 Å². The minimum absolute atomic E-state index is 0.0809. The number of hydrogen-bond donors (Lipinski definition) is 1. The molecule has 1 aliphatic heterocycles. The van der Waals surface area contributed by atoms with Gasteiger partial charge in [-0.3, -0.25) is 14.4 Å². The quantitative estimate of drug-likeness (QED) is 0.706. The average molecular weight is 374 g/mol. The standard InChI is InChI=1S/C22H15FN2O3/c23-15-10-8-14(9-11-15)12-20(26)24-16-4-3-5-17(13-16)25-21(27)18-6-1-2-7-19(18)22(25)28/h1-11,13H,12H2,(H,24,26). The Bertz CT molecular complexity index is 1060. The molecule has 0 saturated carbocycles. The third-order valence-electron chi connectivity index (χ3n) is 4.46. The molecule has 1 aliphatic rings. The number of halogens is 1. The van der Waals surface area contributed by atoms with Crippen LogP contribution in [0.5, 0.6) is 0 Å². The number of hydrogen-bond acceptors (Lipinski definition) is 3. The first kappa shape index (κ1) is 17.6. The van der Waals surface area contributed by atoms with Crippen molar-refractivity contribution in [1.82, 2.24) is 0 Å². The SMILES string of the molecule is O=C(Cc1ccc(F)cc1)Nc1cccc(N2C(=O)c3ccccc3C2=O)c1. The number of amides is 3. The second kappa shape index (κ2) is 7.08. The van der Waals surface area contributed by atoms with Gasteiger partial charge >= 0.3 is 0 Å². The van der Waals surface area contributed by atoms with Crippen LogP contribution in [0.2, 0.25) is 0 Å². The molecular weight excluding hydrogens is 359 g/mol. The zero-order valence-corrected chi connectivity index (χ0v) is 14.7. The second-order valence-electron chi connectivity index (χ2n) is 6.39. The first-order chi connectivity index (χ1) is 13.5. The average Bonchev–Trinajstić information content (AvgIpc) is 2.95. The van der Waals surface area contributed by atoms with Crippen LogP contribution in [0.15, 0.2) is 72.8 Å². The first-order valence-electron chi connectivity index (χ1n) is 8.65. The Balaban J connectivity index is 1.52. The van der Waals surface area contributed by atoms with Crippen molar-refractivity contribution >= 4 is 29.1 Å². The highest BCUT2D eigenvalue weighted by molar-refractivity contribution is 6.34. The Morgan fingerprint density at radius 1 is 0.857 bits per heavy atom. The summed E-state index contributed by atoms with van der Waals surface area (Å²) in [7, 11) is 0. The summed E-state index contributed by atoms with van der Waals surface area (Å²) >= 11 is 0. The Kier molecular flexibility index (Phi) is 4.45. The lowest BCUT2D eigenvalue weighted by Crippen LogP contribution is -2.29. The van der Waals surface area contributed by atoms with E-state index < -0.39 is 11.8 Å². The molecular formula is C22H15FN2O3. The number of nitrogens with one attached hydrogen (secondary N) is 1. The molecule has 3 aromatic rings. The summed E-state index contributed by atoms with van der Waals surface area (Å²) in [5.74, 6) is -1.44. The summed E-state index contributed by atoms with van der Waals surface area (Å²) in [4.78, 5) is 38.5. The van der Waals surface area contributed by atoms with Crippen molar-refractivity contribution in [2.24, 2.45) is 0 Å². The molecule has 0 aliphatic carbocycles. The minimum atomic E-state index is -0.393. The van der Waals surface area contributed by atoms with Crippen LogP contribution in [0.1, 0.15) is 26.3 Å². The molecule has 0 bridgehead atoms. The van der Waals surface area contributed by atoms with E-state index in [-0.39, 0.29) is 18.1 Å². The Morgan fingerprint density at radius 3 is 2.14 bits per heavy atom. The van der Waals surface area contributed by atoms with Gasteiger partial charge in [-0.05, 0) is 48.0 Å². The summed E-state index contributed by atoms with van der Waals surface area (Å²) in [5.41, 5.74) is 2.24. The highest BCUT2D eigenvalue weighted by Crippen LogP contribution is 2.29. The van der Waals surface area contributed by atoms with Crippen LogP contribution in [0.25, 0.3) is 0 Å². The summed E-state index contributed by atoms with van der Waals surface area (Å²) in [6.45, 7) is 0. The van der Waals surface area contributed by atoms with Crippen molar-refractivity contribution in [1.29, 1.82) is 0 Å². The lowest BCUT2D eigenvalue weighted by atomic mass is 10.1. The number of carbonyl (C=O) groups excluding carboxylic acids is 3. The maximum Gasteiger partial charge on any atom is 0.266 e. The maximum absolute atomic E-state index is 13.0. The van der Waals surface area contributed by atoms with Gasteiger partial charge in [0, 0.05) is 5.69 Å². The van der Waals surface area contributed by atoms with E-state index in [1.165, 1.54) is 12.1 Å². The molecule has 3 amide bonds. The van der Waals surface area contributed by atoms with Gasteiger partial charge in [-0.2, -0.15) is 0 Å². The predicted octanol–water partition coefficient (Wildman–Crippen LogP) is 3.81. The number of imide groups is 1. The maximum atomic E-state index is 13.0. The summed E-state index contributed by atoms with van der Waals surface area (Å²) in [5, 5.41) is 2.74. The van der Waals surface area contributed by atoms with E-state index in [4.69, 9.17) is 0 Å². The Labute approximate surface area is 160 Å². The van der Waals surface area contributed by atoms with E-state index in [0.717, 1.165) is 4.90 Å². The van der Waals surface area contributed by atoms with Crippen molar-refractivity contribution in [2.45, 2.75) is 6.42 Å². The van der Waals surface area contributed by atoms with Gasteiger partial charge in [0.2, 0.25) is 5.91 Å². The Hall–Kier alpha value is -3.80. The van der Waals surface area contributed by atoms with Gasteiger partial charge < -0.3 is 5.32 Å². The topological polar surface area (TPSA) is 66.5 Å². The van der Waals surface area contributed by atoms with Gasteiger partial charge in [-0.1, -0.05) is 30.3 Å². The second-order valence-corrected chi connectivity index (χ2v) is 6.39. The normalized spacial score (nSPS) is 12.8. The number of benzene rings is 3. The lowest BCUT2D eigenvalue weighted by Gasteiger charge is -2.15. The number of nitrogens with zero attached hydrogens (tertiary/aromatic N) is 1. The van der Waals surface area contributed by atoms with Crippen LogP contribution in [0.4, 0.5) is 15.8 Å². The monoisotopic (exact) mass is 374 g/mol. The van der Waals surface area contributed by atoms with E-state index in [9.17, 15) is 18.8 Å². The van der Waals surface area contributed by atoms with Gasteiger partial charge in [0.05, 0.1) is 23.2 Å². The van der Waals surface area contributed by atoms with Gasteiger partial charge in [-0.15, -0.1) is 0 Å². The highest BCUT2D eigenvalue weighted by atomic mass is 19.1. The van der Waals surface area contributed by atoms with Crippen molar-refractivity contribution in [3.63, 3.8) is 0 Å². The van der Waals surface area contributed by atoms with E-state index in [0.29, 0.717) is 28.1 Å². The molecule has 1 N–H and O–H groups in total. The summed E-state index contributed by atoms with van der Waals surface area (Å²) in [6.07, 6.45) is 0.0809. The number of anilines is 2. The largest absolute Gasteiger partial charge is 0.326 e. The van der Waals surface area contributed by atoms with Crippen LogP contribution in [-0.4, -0.2) is 17.7 Å². The van der Waals surface area contributed by atoms with E-state index >= 15 is 0 Å². The lowest BCUT2D eigenvalue weighted by molar-refractivity contribution is -0.115. The summed E-state index contributed by atoms with van der Waals surface area (Å²) < 4.78 is 13.0. The highest BCUT2D eigenvalue weighted by Gasteiger charge is 2.36. The van der Waals surface area contributed by atoms with Crippen LogP contribution in [0, 0.1) is 5.82 Å². The van der Waals surface area contributed by atoms with Crippen LogP contribution < -0.4 is 10.2 Å². The first-order valence-corrected chi connectivity index (χ1v) is 8.65. The zero-order chi connectivity index (χ0) is 19.7. The smallest absolute Gasteiger partial charge is 0.266 e. The molecule has 5 nitrogen and oxygen atoms in total. The molecule has 0 spiro atoms. The van der Waals surface area contributed by atoms with E-state index in [2.05, 4.69) is 5.32 Å². The number of fused-ring (bicyclic) bond motifs is 1. The Morgan fingerprint density at radius 2 is 1.50 bits per heavy atom. The fourth-order valence-electron chi connectivity index (χ4n) is 3.14. The molecule has 0 aromatic heterocycles. The van der Waals surface area contributed by atoms with Gasteiger partial charge in [0.1, 0.15) is 5.82 Å². The fraction of sp³-hybridized carbons (Fsp3) is 0.0455. The molecule has 0 unspecified atom stereocenters. The molecule has 138 valence electrons. The summed E-state index contributed by atoms with van der Waals surface area (Å²) in [6, 6.07) is 18.9. The molecule has 0 saturated heterocycles. The van der Waals surface area contributed by atoms with Crippen molar-refractivity contribution in [3.05, 3.63) is 95.3 Å². The zero-order valence-electron chi connectivity index (χ0n) is 14.7. The fourth-order valence-corrected chi connectivity index (χ4v) is 3.14. The molecule has 6 heteroatoms. The van der Waals surface area contributed by atoms with E-state index in [1.807, 2.05) is 0 Å². The molecule has 0 fully saturated rings. The number of rotatable bonds is 4. The minimum Gasteiger partial charge on any atom is -0.326 e. The van der Waals surface area contributed by atoms with Crippen molar-refractivity contribution in [2.75, 3.05) is 10.2 Å². The van der Waals surface area contributed by atoms with E-state index in [1.54, 1.807) is 60.7 Å². The third-order valence-corrected chi connectivity index (χ3v) is 4.46. The predicted molar refractivity (Wildman–Crippen MR) is 103 cm³/mol.